The molecule has 0 aromatic heterocycles. The van der Waals surface area contributed by atoms with Gasteiger partial charge in [-0.3, -0.25) is 9.35 Å². The quantitative estimate of drug-likeness (QED) is 0.543. The molecule has 1 amide bonds. The van der Waals surface area contributed by atoms with Crippen molar-refractivity contribution in [3.8, 4) is 0 Å². The fourth-order valence-electron chi connectivity index (χ4n) is 1.23. The standard InChI is InChI=1S/C10H19NO4S/c1-8(2)9(12)11-6-5-10(3,4)7-16(13,14)15/h1,5-7H2,2-4H3,(H,11,12)(H,13,14,15). The van der Waals surface area contributed by atoms with Crippen molar-refractivity contribution in [2.45, 2.75) is 27.2 Å². The number of nitrogens with one attached hydrogen (secondary N) is 1. The summed E-state index contributed by atoms with van der Waals surface area (Å²) in [6.45, 7) is 8.86. The number of rotatable bonds is 6. The first-order chi connectivity index (χ1) is 7.03. The van der Waals surface area contributed by atoms with E-state index < -0.39 is 15.5 Å². The SMILES string of the molecule is C=C(C)C(=O)NCCC(C)(C)CS(=O)(=O)O. The summed E-state index contributed by atoms with van der Waals surface area (Å²) >= 11 is 0. The largest absolute Gasteiger partial charge is 0.352 e. The summed E-state index contributed by atoms with van der Waals surface area (Å²) in [5.74, 6) is -0.564. The average Bonchev–Trinajstić information content (AvgIpc) is 1.98. The Hall–Kier alpha value is -0.880. The zero-order valence-corrected chi connectivity index (χ0v) is 10.7. The third-order valence-electron chi connectivity index (χ3n) is 2.05. The van der Waals surface area contributed by atoms with E-state index in [1.165, 1.54) is 0 Å². The molecule has 0 aliphatic heterocycles. The minimum atomic E-state index is -3.98. The van der Waals surface area contributed by atoms with Crippen molar-refractivity contribution in [1.29, 1.82) is 0 Å². The number of carbonyl (C=O) groups is 1. The minimum absolute atomic E-state index is 0.248. The summed E-state index contributed by atoms with van der Waals surface area (Å²) in [6.07, 6.45) is 0.464. The van der Waals surface area contributed by atoms with E-state index in [-0.39, 0.29) is 11.7 Å². The van der Waals surface area contributed by atoms with Gasteiger partial charge in [-0.15, -0.1) is 0 Å². The normalized spacial score (nSPS) is 12.2. The smallest absolute Gasteiger partial charge is 0.265 e. The van der Waals surface area contributed by atoms with E-state index in [1.807, 2.05) is 0 Å². The molecule has 0 aromatic rings. The van der Waals surface area contributed by atoms with Gasteiger partial charge in [0.2, 0.25) is 5.91 Å². The lowest BCUT2D eigenvalue weighted by molar-refractivity contribution is -0.117. The highest BCUT2D eigenvalue weighted by molar-refractivity contribution is 7.85. The van der Waals surface area contributed by atoms with Gasteiger partial charge in [0.05, 0.1) is 5.75 Å². The first kappa shape index (κ1) is 15.1. The number of hydrogen-bond donors (Lipinski definition) is 2. The van der Waals surface area contributed by atoms with E-state index in [2.05, 4.69) is 11.9 Å². The molecule has 94 valence electrons. The highest BCUT2D eigenvalue weighted by Crippen LogP contribution is 2.21. The molecule has 0 aliphatic rings. The van der Waals surface area contributed by atoms with Gasteiger partial charge in [-0.2, -0.15) is 8.42 Å². The number of hydrogen-bond acceptors (Lipinski definition) is 3. The average molecular weight is 249 g/mol. The van der Waals surface area contributed by atoms with E-state index in [1.54, 1.807) is 20.8 Å². The molecule has 2 N–H and O–H groups in total. The molecule has 0 rings (SSSR count). The molecule has 0 fully saturated rings. The molecule has 0 atom stereocenters. The summed E-state index contributed by atoms with van der Waals surface area (Å²) in [5, 5.41) is 2.61. The van der Waals surface area contributed by atoms with Crippen LogP contribution in [0.25, 0.3) is 0 Å². The predicted octanol–water partition coefficient (Wildman–Crippen LogP) is 0.983. The van der Waals surface area contributed by atoms with Crippen LogP contribution in [0.4, 0.5) is 0 Å². The summed E-state index contributed by atoms with van der Waals surface area (Å²) in [4.78, 5) is 11.1. The van der Waals surface area contributed by atoms with Crippen LogP contribution in [0.5, 0.6) is 0 Å². The molecule has 0 aromatic carbocycles. The van der Waals surface area contributed by atoms with Gasteiger partial charge in [-0.05, 0) is 18.8 Å². The molecule has 16 heavy (non-hydrogen) atoms. The minimum Gasteiger partial charge on any atom is -0.352 e. The van der Waals surface area contributed by atoms with Gasteiger partial charge in [0.15, 0.2) is 0 Å². The van der Waals surface area contributed by atoms with Crippen LogP contribution in [0, 0.1) is 5.41 Å². The zero-order chi connectivity index (χ0) is 13.0. The summed E-state index contributed by atoms with van der Waals surface area (Å²) in [6, 6.07) is 0. The first-order valence-electron chi connectivity index (χ1n) is 4.92. The molecule has 0 bridgehead atoms. The summed E-state index contributed by atoms with van der Waals surface area (Å²) < 4.78 is 30.1. The van der Waals surface area contributed by atoms with Gasteiger partial charge in [-0.1, -0.05) is 20.4 Å². The van der Waals surface area contributed by atoms with E-state index in [9.17, 15) is 13.2 Å². The van der Waals surface area contributed by atoms with Crippen molar-refractivity contribution in [3.05, 3.63) is 12.2 Å². The molecule has 0 radical (unpaired) electrons. The molecule has 0 saturated heterocycles. The zero-order valence-electron chi connectivity index (χ0n) is 9.91. The van der Waals surface area contributed by atoms with Gasteiger partial charge >= 0.3 is 0 Å². The first-order valence-corrected chi connectivity index (χ1v) is 6.53. The lowest BCUT2D eigenvalue weighted by Crippen LogP contribution is -2.31. The Labute approximate surface area is 96.7 Å². The second-order valence-electron chi connectivity index (χ2n) is 4.68. The molecule has 0 unspecified atom stereocenters. The maximum atomic E-state index is 11.1. The van der Waals surface area contributed by atoms with Gasteiger partial charge in [-0.25, -0.2) is 0 Å². The second-order valence-corrected chi connectivity index (χ2v) is 6.13. The highest BCUT2D eigenvalue weighted by Gasteiger charge is 2.24. The van der Waals surface area contributed by atoms with Crippen molar-refractivity contribution in [2.24, 2.45) is 5.41 Å². The van der Waals surface area contributed by atoms with E-state index in [0.717, 1.165) is 0 Å². The molecule has 0 saturated carbocycles. The molecule has 6 heteroatoms. The van der Waals surface area contributed by atoms with E-state index in [4.69, 9.17) is 4.55 Å². The Morgan fingerprint density at radius 2 is 1.94 bits per heavy atom. The van der Waals surface area contributed by atoms with Gasteiger partial charge in [0.1, 0.15) is 0 Å². The summed E-state index contributed by atoms with van der Waals surface area (Å²) in [5.41, 5.74) is -0.164. The molecule has 0 aliphatic carbocycles. The van der Waals surface area contributed by atoms with Crippen LogP contribution in [-0.2, 0) is 14.9 Å². The number of carbonyl (C=O) groups excluding carboxylic acids is 1. The van der Waals surface area contributed by atoms with Crippen LogP contribution in [0.2, 0.25) is 0 Å². The van der Waals surface area contributed by atoms with E-state index >= 15 is 0 Å². The Morgan fingerprint density at radius 3 is 2.31 bits per heavy atom. The van der Waals surface area contributed by atoms with Gasteiger partial charge in [0, 0.05) is 12.1 Å². The third-order valence-corrected chi connectivity index (χ3v) is 3.19. The monoisotopic (exact) mass is 249 g/mol. The van der Waals surface area contributed by atoms with Gasteiger partial charge < -0.3 is 5.32 Å². The highest BCUT2D eigenvalue weighted by atomic mass is 32.2. The maximum Gasteiger partial charge on any atom is 0.265 e. The van der Waals surface area contributed by atoms with Crippen molar-refractivity contribution < 1.29 is 17.8 Å². The Balaban J connectivity index is 4.11. The topological polar surface area (TPSA) is 83.5 Å². The summed E-state index contributed by atoms with van der Waals surface area (Å²) in [7, 11) is -3.98. The van der Waals surface area contributed by atoms with Crippen molar-refractivity contribution >= 4 is 16.0 Å². The van der Waals surface area contributed by atoms with Crippen LogP contribution in [0.3, 0.4) is 0 Å². The third kappa shape index (κ3) is 7.42. The van der Waals surface area contributed by atoms with Crippen molar-refractivity contribution in [1.82, 2.24) is 5.32 Å². The van der Waals surface area contributed by atoms with Crippen LogP contribution in [0.15, 0.2) is 12.2 Å². The van der Waals surface area contributed by atoms with Crippen LogP contribution >= 0.6 is 0 Å². The molecule has 0 heterocycles. The molecular formula is C10H19NO4S. The van der Waals surface area contributed by atoms with Gasteiger partial charge in [0.25, 0.3) is 10.1 Å². The Morgan fingerprint density at radius 1 is 1.44 bits per heavy atom. The molecule has 5 nitrogen and oxygen atoms in total. The van der Waals surface area contributed by atoms with Crippen molar-refractivity contribution in [3.63, 3.8) is 0 Å². The Bertz CT molecular complexity index is 370. The Kier molecular flexibility index (Phi) is 5.15. The van der Waals surface area contributed by atoms with Crippen LogP contribution < -0.4 is 5.32 Å². The molecular weight excluding hydrogens is 230 g/mol. The lowest BCUT2D eigenvalue weighted by atomic mass is 9.92. The maximum absolute atomic E-state index is 11.1. The van der Waals surface area contributed by atoms with Crippen LogP contribution in [0.1, 0.15) is 27.2 Å². The number of amides is 1. The van der Waals surface area contributed by atoms with Crippen LogP contribution in [-0.4, -0.2) is 31.2 Å². The molecule has 0 spiro atoms. The fraction of sp³-hybridized carbons (Fsp3) is 0.700. The predicted molar refractivity (Wildman–Crippen MR) is 62.6 cm³/mol. The van der Waals surface area contributed by atoms with Crippen molar-refractivity contribution in [2.75, 3.05) is 12.3 Å². The van der Waals surface area contributed by atoms with E-state index in [0.29, 0.717) is 18.5 Å². The second kappa shape index (κ2) is 5.45. The lowest BCUT2D eigenvalue weighted by Gasteiger charge is -2.22. The fourth-order valence-corrected chi connectivity index (χ4v) is 2.36.